The Hall–Kier alpha value is -2.11. The van der Waals surface area contributed by atoms with Gasteiger partial charge in [-0.05, 0) is 44.0 Å². The zero-order valence-electron chi connectivity index (χ0n) is 17.7. The largest absolute Gasteiger partial charge is 0.243 e. The normalized spacial score (nSPS) is 15.3. The molecular formula is C22H25N3O4S3. The Kier molecular flexibility index (Phi) is 6.78. The Balaban J connectivity index is 1.37. The molecule has 0 atom stereocenters. The van der Waals surface area contributed by atoms with Crippen LogP contribution in [0.2, 0.25) is 0 Å². The summed E-state index contributed by atoms with van der Waals surface area (Å²) in [6.45, 7) is 3.24. The Morgan fingerprint density at radius 2 is 1.56 bits per heavy atom. The summed E-state index contributed by atoms with van der Waals surface area (Å²) >= 11 is 1.53. The topological polar surface area (TPSA) is 96.4 Å². The Morgan fingerprint density at radius 3 is 2.22 bits per heavy atom. The number of rotatable bonds is 8. The number of aryl methyl sites for hydroxylation is 1. The molecule has 0 spiro atoms. The molecule has 1 N–H and O–H groups in total. The van der Waals surface area contributed by atoms with Crippen molar-refractivity contribution in [3.8, 4) is 10.6 Å². The lowest BCUT2D eigenvalue weighted by Crippen LogP contribution is -2.28. The molecule has 1 fully saturated rings. The molecule has 1 aromatic heterocycles. The van der Waals surface area contributed by atoms with Crippen LogP contribution in [0.1, 0.15) is 24.1 Å². The molecule has 7 nitrogen and oxygen atoms in total. The van der Waals surface area contributed by atoms with Crippen molar-refractivity contribution in [1.29, 1.82) is 0 Å². The highest BCUT2D eigenvalue weighted by molar-refractivity contribution is 7.89. The fourth-order valence-electron chi connectivity index (χ4n) is 3.52. The van der Waals surface area contributed by atoms with E-state index >= 15 is 0 Å². The van der Waals surface area contributed by atoms with Gasteiger partial charge in [-0.1, -0.05) is 29.8 Å². The zero-order valence-corrected chi connectivity index (χ0v) is 20.1. The van der Waals surface area contributed by atoms with E-state index in [1.54, 1.807) is 0 Å². The van der Waals surface area contributed by atoms with Crippen molar-refractivity contribution in [2.75, 3.05) is 19.6 Å². The maximum Gasteiger partial charge on any atom is 0.243 e. The second-order valence-electron chi connectivity index (χ2n) is 7.74. The van der Waals surface area contributed by atoms with Crippen LogP contribution in [0.15, 0.2) is 63.7 Å². The van der Waals surface area contributed by atoms with Crippen LogP contribution >= 0.6 is 11.3 Å². The zero-order chi connectivity index (χ0) is 22.8. The lowest BCUT2D eigenvalue weighted by molar-refractivity contribution is 0.477. The predicted molar refractivity (Wildman–Crippen MR) is 126 cm³/mol. The third kappa shape index (κ3) is 5.10. The number of nitrogens with zero attached hydrogens (tertiary/aromatic N) is 2. The average molecular weight is 492 g/mol. The summed E-state index contributed by atoms with van der Waals surface area (Å²) in [4.78, 5) is 4.74. The van der Waals surface area contributed by atoms with Gasteiger partial charge in [-0.25, -0.2) is 26.5 Å². The first-order chi connectivity index (χ1) is 15.3. The first kappa shape index (κ1) is 23.1. The monoisotopic (exact) mass is 491 g/mol. The van der Waals surface area contributed by atoms with Crippen LogP contribution in [0.4, 0.5) is 0 Å². The lowest BCUT2D eigenvalue weighted by atomic mass is 10.2. The van der Waals surface area contributed by atoms with Crippen LogP contribution in [0.5, 0.6) is 0 Å². The van der Waals surface area contributed by atoms with Crippen LogP contribution in [0, 0.1) is 6.92 Å². The lowest BCUT2D eigenvalue weighted by Gasteiger charge is -2.15. The minimum Gasteiger partial charge on any atom is -0.241 e. The summed E-state index contributed by atoms with van der Waals surface area (Å²) in [7, 11) is -7.31. The summed E-state index contributed by atoms with van der Waals surface area (Å²) in [6.07, 6.45) is 2.16. The van der Waals surface area contributed by atoms with Crippen LogP contribution in [0.3, 0.4) is 0 Å². The molecule has 0 radical (unpaired) electrons. The van der Waals surface area contributed by atoms with Gasteiger partial charge in [0.15, 0.2) is 0 Å². The molecule has 2 aromatic carbocycles. The van der Waals surface area contributed by atoms with E-state index in [9.17, 15) is 16.8 Å². The van der Waals surface area contributed by atoms with Gasteiger partial charge in [0.1, 0.15) is 5.01 Å². The smallest absolute Gasteiger partial charge is 0.241 e. The molecule has 10 heteroatoms. The van der Waals surface area contributed by atoms with Crippen molar-refractivity contribution in [3.63, 3.8) is 0 Å². The quantitative estimate of drug-likeness (QED) is 0.521. The third-order valence-electron chi connectivity index (χ3n) is 5.36. The summed E-state index contributed by atoms with van der Waals surface area (Å²) in [5.41, 5.74) is 3.04. The highest BCUT2D eigenvalue weighted by Crippen LogP contribution is 2.24. The van der Waals surface area contributed by atoms with E-state index in [0.717, 1.165) is 29.1 Å². The number of benzene rings is 2. The van der Waals surface area contributed by atoms with E-state index < -0.39 is 20.0 Å². The van der Waals surface area contributed by atoms with Crippen LogP contribution in [-0.2, 0) is 26.5 Å². The Morgan fingerprint density at radius 1 is 0.938 bits per heavy atom. The molecule has 170 valence electrons. The fraction of sp³-hybridized carbons (Fsp3) is 0.318. The molecule has 0 aliphatic carbocycles. The summed E-state index contributed by atoms with van der Waals surface area (Å²) in [5, 5.41) is 2.83. The number of hydrogen-bond acceptors (Lipinski definition) is 6. The van der Waals surface area contributed by atoms with Gasteiger partial charge in [-0.15, -0.1) is 11.3 Å². The van der Waals surface area contributed by atoms with Crippen molar-refractivity contribution in [2.45, 2.75) is 36.0 Å². The summed E-state index contributed by atoms with van der Waals surface area (Å²) < 4.78 is 54.4. The molecule has 0 unspecified atom stereocenters. The van der Waals surface area contributed by atoms with E-state index in [-0.39, 0.29) is 16.3 Å². The molecule has 3 aromatic rings. The standard InChI is InChI=1S/C22H25N3O4S3/c1-17-4-6-18(7-5-17)22-24-19(16-30-22)12-13-23-31(26,27)20-8-10-21(11-9-20)32(28,29)25-14-2-3-15-25/h4-11,16,23H,2-3,12-15H2,1H3. The molecule has 2 heterocycles. The first-order valence-corrected chi connectivity index (χ1v) is 14.2. The van der Waals surface area contributed by atoms with Gasteiger partial charge in [0.25, 0.3) is 0 Å². The number of sulfonamides is 2. The Labute approximate surface area is 193 Å². The number of hydrogen-bond donors (Lipinski definition) is 1. The van der Waals surface area contributed by atoms with Crippen molar-refractivity contribution < 1.29 is 16.8 Å². The van der Waals surface area contributed by atoms with Crippen molar-refractivity contribution in [2.24, 2.45) is 0 Å². The highest BCUT2D eigenvalue weighted by Gasteiger charge is 2.27. The molecule has 0 saturated carbocycles. The van der Waals surface area contributed by atoms with Crippen molar-refractivity contribution >= 4 is 31.4 Å². The second-order valence-corrected chi connectivity index (χ2v) is 12.3. The van der Waals surface area contributed by atoms with Gasteiger partial charge in [-0.2, -0.15) is 4.31 Å². The van der Waals surface area contributed by atoms with Crippen LogP contribution in [-0.4, -0.2) is 45.8 Å². The first-order valence-electron chi connectivity index (χ1n) is 10.4. The van der Waals surface area contributed by atoms with Gasteiger partial charge >= 0.3 is 0 Å². The SMILES string of the molecule is Cc1ccc(-c2nc(CCNS(=O)(=O)c3ccc(S(=O)(=O)N4CCCC4)cc3)cs2)cc1. The van der Waals surface area contributed by atoms with Crippen LogP contribution < -0.4 is 4.72 Å². The minimum atomic E-state index is -3.74. The number of nitrogens with one attached hydrogen (secondary N) is 1. The molecule has 1 saturated heterocycles. The summed E-state index contributed by atoms with van der Waals surface area (Å²) in [5.74, 6) is 0. The van der Waals surface area contributed by atoms with E-state index in [4.69, 9.17) is 0 Å². The van der Waals surface area contributed by atoms with E-state index in [2.05, 4.69) is 9.71 Å². The fourth-order valence-corrected chi connectivity index (χ4v) is 6.92. The highest BCUT2D eigenvalue weighted by atomic mass is 32.2. The van der Waals surface area contributed by atoms with Gasteiger partial charge in [0.2, 0.25) is 20.0 Å². The third-order valence-corrected chi connectivity index (χ3v) is 9.69. The maximum absolute atomic E-state index is 12.6. The Bertz CT molecular complexity index is 1280. The van der Waals surface area contributed by atoms with E-state index in [1.807, 2.05) is 36.6 Å². The molecule has 1 aliphatic heterocycles. The molecule has 4 rings (SSSR count). The number of thiazole rings is 1. The second kappa shape index (κ2) is 9.40. The summed E-state index contributed by atoms with van der Waals surface area (Å²) in [6, 6.07) is 13.5. The van der Waals surface area contributed by atoms with Crippen molar-refractivity contribution in [1.82, 2.24) is 14.0 Å². The molecule has 0 amide bonds. The van der Waals surface area contributed by atoms with Gasteiger partial charge in [0, 0.05) is 37.0 Å². The van der Waals surface area contributed by atoms with Gasteiger partial charge in [-0.3, -0.25) is 0 Å². The maximum atomic E-state index is 12.6. The average Bonchev–Trinajstić information content (AvgIpc) is 3.47. The predicted octanol–water partition coefficient (Wildman–Crippen LogP) is 3.42. The van der Waals surface area contributed by atoms with E-state index in [0.29, 0.717) is 19.5 Å². The number of aromatic nitrogens is 1. The van der Waals surface area contributed by atoms with E-state index in [1.165, 1.54) is 45.5 Å². The minimum absolute atomic E-state index is 0.0384. The van der Waals surface area contributed by atoms with Gasteiger partial charge in [0.05, 0.1) is 15.5 Å². The molecule has 0 bridgehead atoms. The van der Waals surface area contributed by atoms with Crippen molar-refractivity contribution in [3.05, 3.63) is 65.2 Å². The molecular weight excluding hydrogens is 466 g/mol. The van der Waals surface area contributed by atoms with Crippen LogP contribution in [0.25, 0.3) is 10.6 Å². The molecule has 32 heavy (non-hydrogen) atoms. The molecule has 1 aliphatic rings. The van der Waals surface area contributed by atoms with Gasteiger partial charge < -0.3 is 0 Å².